The number of hydrogen-bond donors (Lipinski definition) is 1. The molecule has 1 amide bonds. The van der Waals surface area contributed by atoms with Crippen LogP contribution in [0.3, 0.4) is 0 Å². The second-order valence-electron chi connectivity index (χ2n) is 5.84. The maximum Gasteiger partial charge on any atom is 0.344 e. The highest BCUT2D eigenvalue weighted by atomic mass is 79.9. The summed E-state index contributed by atoms with van der Waals surface area (Å²) in [5.41, 5.74) is 0.574. The molecule has 0 fully saturated rings. The number of benzene rings is 1. The SMILES string of the molecule is CCCC(=O)N=C1S/C(=C\c2cc(OC)c(OC)cc2Br)C(O)=C1C(=O)OCC. The summed E-state index contributed by atoms with van der Waals surface area (Å²) < 4.78 is 16.3. The van der Waals surface area contributed by atoms with E-state index in [9.17, 15) is 14.7 Å². The van der Waals surface area contributed by atoms with Crippen LogP contribution in [0, 0.1) is 0 Å². The van der Waals surface area contributed by atoms with Gasteiger partial charge >= 0.3 is 5.97 Å². The van der Waals surface area contributed by atoms with E-state index in [4.69, 9.17) is 14.2 Å². The molecule has 29 heavy (non-hydrogen) atoms. The summed E-state index contributed by atoms with van der Waals surface area (Å²) in [4.78, 5) is 28.7. The average Bonchev–Trinajstić information content (AvgIpc) is 2.98. The van der Waals surface area contributed by atoms with Crippen molar-refractivity contribution in [3.63, 3.8) is 0 Å². The highest BCUT2D eigenvalue weighted by Gasteiger charge is 2.33. The van der Waals surface area contributed by atoms with E-state index in [1.807, 2.05) is 6.92 Å². The van der Waals surface area contributed by atoms with Gasteiger partial charge < -0.3 is 19.3 Å². The van der Waals surface area contributed by atoms with Crippen molar-refractivity contribution in [3.8, 4) is 11.5 Å². The van der Waals surface area contributed by atoms with Crippen LogP contribution in [0.5, 0.6) is 11.5 Å². The molecule has 9 heteroatoms. The smallest absolute Gasteiger partial charge is 0.344 e. The Labute approximate surface area is 181 Å². The number of carbonyl (C=O) groups excluding carboxylic acids is 2. The van der Waals surface area contributed by atoms with Crippen LogP contribution in [-0.2, 0) is 14.3 Å². The van der Waals surface area contributed by atoms with Crippen LogP contribution in [-0.4, -0.2) is 42.9 Å². The minimum Gasteiger partial charge on any atom is -0.506 e. The number of nitrogens with zero attached hydrogens (tertiary/aromatic N) is 1. The Bertz CT molecular complexity index is 906. The van der Waals surface area contributed by atoms with Gasteiger partial charge in [0.1, 0.15) is 16.4 Å². The van der Waals surface area contributed by atoms with Gasteiger partial charge in [-0.3, -0.25) is 4.79 Å². The normalized spacial score (nSPS) is 16.4. The molecule has 1 N–H and O–H groups in total. The Balaban J connectivity index is 2.53. The first-order valence-corrected chi connectivity index (χ1v) is 10.5. The van der Waals surface area contributed by atoms with E-state index >= 15 is 0 Å². The largest absolute Gasteiger partial charge is 0.506 e. The summed E-state index contributed by atoms with van der Waals surface area (Å²) in [6.45, 7) is 3.66. The quantitative estimate of drug-likeness (QED) is 0.563. The molecule has 156 valence electrons. The molecule has 0 unspecified atom stereocenters. The molecule has 0 aliphatic carbocycles. The number of aliphatic imine (C=N–C) groups is 1. The van der Waals surface area contributed by atoms with Crippen LogP contribution in [0.15, 0.2) is 37.8 Å². The fraction of sp³-hybridized carbons (Fsp3) is 0.350. The number of halogens is 1. The molecule has 0 atom stereocenters. The molecule has 1 aliphatic heterocycles. The molecule has 0 spiro atoms. The number of carbonyl (C=O) groups is 2. The average molecular weight is 484 g/mol. The van der Waals surface area contributed by atoms with Crippen molar-refractivity contribution in [1.82, 2.24) is 0 Å². The molecule has 2 rings (SSSR count). The van der Waals surface area contributed by atoms with Crippen LogP contribution >= 0.6 is 27.7 Å². The Morgan fingerprint density at radius 2 is 1.86 bits per heavy atom. The summed E-state index contributed by atoms with van der Waals surface area (Å²) >= 11 is 4.49. The van der Waals surface area contributed by atoms with Crippen LogP contribution in [0.4, 0.5) is 0 Å². The van der Waals surface area contributed by atoms with E-state index in [0.717, 1.165) is 11.8 Å². The summed E-state index contributed by atoms with van der Waals surface area (Å²) in [7, 11) is 3.05. The number of aliphatic hydroxyl groups is 1. The van der Waals surface area contributed by atoms with Crippen LogP contribution in [0.25, 0.3) is 6.08 Å². The second kappa shape index (κ2) is 10.5. The van der Waals surface area contributed by atoms with Crippen molar-refractivity contribution in [2.45, 2.75) is 26.7 Å². The number of esters is 1. The monoisotopic (exact) mass is 483 g/mol. The zero-order valence-electron chi connectivity index (χ0n) is 16.6. The van der Waals surface area contributed by atoms with Crippen molar-refractivity contribution >= 4 is 50.7 Å². The Kier molecular flexibility index (Phi) is 8.33. The number of amides is 1. The maximum absolute atomic E-state index is 12.3. The molecule has 1 aromatic carbocycles. The number of methoxy groups -OCH3 is 2. The van der Waals surface area contributed by atoms with E-state index in [0.29, 0.717) is 32.9 Å². The van der Waals surface area contributed by atoms with Crippen molar-refractivity contribution in [2.24, 2.45) is 4.99 Å². The third-order valence-corrected chi connectivity index (χ3v) is 5.56. The standard InChI is InChI=1S/C20H22BrNO6S/c1-5-7-16(23)22-19-17(20(25)28-6-2)18(24)15(29-19)9-11-8-13(26-3)14(27-4)10-12(11)21/h8-10,24H,5-7H2,1-4H3/b15-9-,22-19?. The Hall–Kier alpha value is -2.26. The number of rotatable bonds is 7. The molecule has 1 heterocycles. The first-order valence-electron chi connectivity index (χ1n) is 8.89. The summed E-state index contributed by atoms with van der Waals surface area (Å²) in [6.07, 6.45) is 2.55. The van der Waals surface area contributed by atoms with Crippen LogP contribution in [0.1, 0.15) is 32.3 Å². The maximum atomic E-state index is 12.3. The van der Waals surface area contributed by atoms with Gasteiger partial charge in [-0.2, -0.15) is 0 Å². The predicted octanol–water partition coefficient (Wildman–Crippen LogP) is 4.65. The molecule has 7 nitrogen and oxygen atoms in total. The van der Waals surface area contributed by atoms with Crippen molar-refractivity contribution in [2.75, 3.05) is 20.8 Å². The van der Waals surface area contributed by atoms with Gasteiger partial charge in [0.15, 0.2) is 11.5 Å². The number of ether oxygens (including phenoxy) is 3. The third kappa shape index (κ3) is 5.42. The first kappa shape index (κ1) is 23.0. The van der Waals surface area contributed by atoms with Crippen molar-refractivity contribution in [3.05, 3.63) is 38.4 Å². The van der Waals surface area contributed by atoms with Gasteiger partial charge in [0.25, 0.3) is 0 Å². The zero-order chi connectivity index (χ0) is 21.6. The molecule has 0 radical (unpaired) electrons. The lowest BCUT2D eigenvalue weighted by molar-refractivity contribution is -0.138. The molecular formula is C20H22BrNO6S. The van der Waals surface area contributed by atoms with Gasteiger partial charge in [0.05, 0.1) is 25.7 Å². The zero-order valence-corrected chi connectivity index (χ0v) is 19.0. The number of thioether (sulfide) groups is 1. The lowest BCUT2D eigenvalue weighted by atomic mass is 10.1. The lowest BCUT2D eigenvalue weighted by Gasteiger charge is -2.10. The van der Waals surface area contributed by atoms with E-state index in [1.165, 1.54) is 14.2 Å². The van der Waals surface area contributed by atoms with Gasteiger partial charge in [-0.1, -0.05) is 34.6 Å². The van der Waals surface area contributed by atoms with Crippen molar-refractivity contribution in [1.29, 1.82) is 0 Å². The van der Waals surface area contributed by atoms with E-state index in [1.54, 1.807) is 25.1 Å². The summed E-state index contributed by atoms with van der Waals surface area (Å²) in [5, 5.41) is 10.8. The number of aliphatic hydroxyl groups excluding tert-OH is 1. The van der Waals surface area contributed by atoms with Crippen LogP contribution in [0.2, 0.25) is 0 Å². The molecular weight excluding hydrogens is 462 g/mol. The number of hydrogen-bond acceptors (Lipinski definition) is 7. The summed E-state index contributed by atoms with van der Waals surface area (Å²) in [6, 6.07) is 3.46. The molecule has 0 bridgehead atoms. The van der Waals surface area contributed by atoms with Gasteiger partial charge in [-0.25, -0.2) is 9.79 Å². The molecule has 1 aliphatic rings. The van der Waals surface area contributed by atoms with E-state index in [-0.39, 0.29) is 35.3 Å². The Morgan fingerprint density at radius 3 is 2.45 bits per heavy atom. The fourth-order valence-corrected chi connectivity index (χ4v) is 3.96. The van der Waals surface area contributed by atoms with Gasteiger partial charge in [-0.15, -0.1) is 0 Å². The summed E-state index contributed by atoms with van der Waals surface area (Å²) in [5.74, 6) is -0.321. The van der Waals surface area contributed by atoms with Gasteiger partial charge in [-0.05, 0) is 37.1 Å². The van der Waals surface area contributed by atoms with Gasteiger partial charge in [0.2, 0.25) is 5.91 Å². The lowest BCUT2D eigenvalue weighted by Crippen LogP contribution is -2.14. The molecule has 0 aromatic heterocycles. The van der Waals surface area contributed by atoms with Crippen molar-refractivity contribution < 1.29 is 28.9 Å². The minimum absolute atomic E-state index is 0.107. The highest BCUT2D eigenvalue weighted by Crippen LogP contribution is 2.41. The molecule has 1 aromatic rings. The highest BCUT2D eigenvalue weighted by molar-refractivity contribution is 9.10. The van der Waals surface area contributed by atoms with Gasteiger partial charge in [0, 0.05) is 10.9 Å². The second-order valence-corrected chi connectivity index (χ2v) is 7.73. The predicted molar refractivity (Wildman–Crippen MR) is 116 cm³/mol. The topological polar surface area (TPSA) is 94.4 Å². The Morgan fingerprint density at radius 1 is 1.21 bits per heavy atom. The minimum atomic E-state index is -0.727. The molecule has 0 saturated carbocycles. The van der Waals surface area contributed by atoms with Crippen LogP contribution < -0.4 is 9.47 Å². The first-order chi connectivity index (χ1) is 13.9. The van der Waals surface area contributed by atoms with E-state index < -0.39 is 5.97 Å². The fourth-order valence-electron chi connectivity index (χ4n) is 2.50. The molecule has 0 saturated heterocycles. The third-order valence-electron chi connectivity index (χ3n) is 3.85. The van der Waals surface area contributed by atoms with E-state index in [2.05, 4.69) is 20.9 Å².